The Kier molecular flexibility index (Phi) is 5.95. The molecule has 36 heavy (non-hydrogen) atoms. The van der Waals surface area contributed by atoms with Crippen LogP contribution in [0.4, 0.5) is 15.9 Å². The van der Waals surface area contributed by atoms with Crippen LogP contribution >= 0.6 is 0 Å². The lowest BCUT2D eigenvalue weighted by Crippen LogP contribution is -2.33. The summed E-state index contributed by atoms with van der Waals surface area (Å²) in [6.07, 6.45) is 6.71. The maximum atomic E-state index is 15.0. The van der Waals surface area contributed by atoms with Gasteiger partial charge in [-0.3, -0.25) is 4.79 Å². The van der Waals surface area contributed by atoms with Gasteiger partial charge in [-0.25, -0.2) is 17.8 Å². The first-order chi connectivity index (χ1) is 17.2. The van der Waals surface area contributed by atoms with Crippen LogP contribution in [0.5, 0.6) is 5.75 Å². The summed E-state index contributed by atoms with van der Waals surface area (Å²) in [6, 6.07) is 8.35. The summed E-state index contributed by atoms with van der Waals surface area (Å²) in [5.41, 5.74) is 7.78. The molecule has 2 N–H and O–H groups in total. The number of carbonyl (C=O) groups excluding carboxylic acids is 1. The second kappa shape index (κ2) is 8.98. The number of nitrogen functional groups attached to an aromatic ring is 1. The second-order valence-corrected chi connectivity index (χ2v) is 10.8. The highest BCUT2D eigenvalue weighted by Gasteiger charge is 2.27. The molecule has 9 nitrogen and oxygen atoms in total. The molecule has 2 aliphatic rings. The molecular formula is C25H26FN5O4S. The van der Waals surface area contributed by atoms with Gasteiger partial charge in [-0.05, 0) is 42.8 Å². The highest BCUT2D eigenvalue weighted by atomic mass is 32.2. The topological polar surface area (TPSA) is 111 Å². The molecule has 1 amide bonds. The zero-order valence-corrected chi connectivity index (χ0v) is 20.8. The molecule has 0 bridgehead atoms. The van der Waals surface area contributed by atoms with Crippen LogP contribution < -0.4 is 15.4 Å². The van der Waals surface area contributed by atoms with Gasteiger partial charge < -0.3 is 24.8 Å². The van der Waals surface area contributed by atoms with Gasteiger partial charge in [-0.2, -0.15) is 0 Å². The minimum Gasteiger partial charge on any atom is -0.491 e. The van der Waals surface area contributed by atoms with Crippen LogP contribution in [0, 0.1) is 5.82 Å². The van der Waals surface area contributed by atoms with E-state index in [0.29, 0.717) is 24.8 Å². The molecule has 3 aromatic rings. The van der Waals surface area contributed by atoms with Crippen molar-refractivity contribution >= 4 is 33.3 Å². The molecule has 0 fully saturated rings. The Balaban J connectivity index is 1.43. The van der Waals surface area contributed by atoms with E-state index in [0.717, 1.165) is 29.4 Å². The number of nitrogens with two attached hydrogens (primary N) is 1. The second-order valence-electron chi connectivity index (χ2n) is 8.82. The first-order valence-corrected chi connectivity index (χ1v) is 13.4. The number of anilines is 2. The number of fused-ring (bicyclic) bond motifs is 2. The van der Waals surface area contributed by atoms with Crippen LogP contribution in [-0.4, -0.2) is 48.2 Å². The standard InChI is InChI=1S/C25H26FN5O4S/c1-3-18-19(5-7-21(24(18)26)36(2,33)34)25(32)29-10-11-35-20-6-4-17(12-16(20)13-29)30-9-8-23-28-22(27)14-31(23)15-30/h4-9,12,14H,3,10-11,13,15,27H2,1-2H3. The predicted octanol–water partition coefficient (Wildman–Crippen LogP) is 3.05. The third-order valence-corrected chi connectivity index (χ3v) is 7.48. The Bertz CT molecular complexity index is 1500. The van der Waals surface area contributed by atoms with Crippen molar-refractivity contribution < 1.29 is 22.3 Å². The number of hydrogen-bond donors (Lipinski definition) is 1. The van der Waals surface area contributed by atoms with Gasteiger partial charge >= 0.3 is 0 Å². The lowest BCUT2D eigenvalue weighted by Gasteiger charge is -2.26. The van der Waals surface area contributed by atoms with E-state index in [1.54, 1.807) is 18.0 Å². The number of amides is 1. The van der Waals surface area contributed by atoms with Crippen molar-refractivity contribution in [1.29, 1.82) is 0 Å². The minimum atomic E-state index is -3.75. The Hall–Kier alpha value is -3.86. The molecule has 1 aromatic heterocycles. The normalized spacial score (nSPS) is 15.2. The number of aromatic nitrogens is 2. The summed E-state index contributed by atoms with van der Waals surface area (Å²) in [6.45, 7) is 3.08. The maximum absolute atomic E-state index is 15.0. The van der Waals surface area contributed by atoms with Gasteiger partial charge in [0.05, 0.1) is 6.54 Å². The van der Waals surface area contributed by atoms with Crippen molar-refractivity contribution in [2.24, 2.45) is 0 Å². The van der Waals surface area contributed by atoms with Crippen molar-refractivity contribution in [3.8, 4) is 5.75 Å². The predicted molar refractivity (Wildman–Crippen MR) is 134 cm³/mol. The van der Waals surface area contributed by atoms with Crippen molar-refractivity contribution in [3.05, 3.63) is 71.1 Å². The fourth-order valence-corrected chi connectivity index (χ4v) is 5.33. The third kappa shape index (κ3) is 4.30. The van der Waals surface area contributed by atoms with Gasteiger partial charge in [-0.15, -0.1) is 0 Å². The molecule has 0 spiro atoms. The maximum Gasteiger partial charge on any atom is 0.254 e. The SMILES string of the molecule is CCc1c(C(=O)N2CCOc3ccc(N4C=Cc5nc(N)cn5C4)cc3C2)ccc(S(C)(=O)=O)c1F. The Labute approximate surface area is 208 Å². The highest BCUT2D eigenvalue weighted by Crippen LogP contribution is 2.31. The minimum absolute atomic E-state index is 0.0935. The monoisotopic (exact) mass is 511 g/mol. The Morgan fingerprint density at radius 2 is 2.06 bits per heavy atom. The molecule has 3 heterocycles. The number of ether oxygens (including phenoxy) is 1. The van der Waals surface area contributed by atoms with E-state index in [1.807, 2.05) is 39.9 Å². The molecule has 0 saturated heterocycles. The smallest absolute Gasteiger partial charge is 0.254 e. The highest BCUT2D eigenvalue weighted by molar-refractivity contribution is 7.90. The fraction of sp³-hybridized carbons (Fsp3) is 0.280. The molecule has 0 unspecified atom stereocenters. The Morgan fingerprint density at radius 3 is 2.81 bits per heavy atom. The number of hydrogen-bond acceptors (Lipinski definition) is 7. The van der Waals surface area contributed by atoms with E-state index in [-0.39, 0.29) is 36.6 Å². The molecule has 0 atom stereocenters. The van der Waals surface area contributed by atoms with Gasteiger partial charge in [0.15, 0.2) is 9.84 Å². The van der Waals surface area contributed by atoms with E-state index in [1.165, 1.54) is 6.07 Å². The number of carbonyl (C=O) groups is 1. The first kappa shape index (κ1) is 23.9. The number of nitrogens with zero attached hydrogens (tertiary/aromatic N) is 4. The molecule has 11 heteroatoms. The van der Waals surface area contributed by atoms with Gasteiger partial charge in [0.2, 0.25) is 0 Å². The van der Waals surface area contributed by atoms with Crippen LogP contribution in [0.2, 0.25) is 0 Å². The fourth-order valence-electron chi connectivity index (χ4n) is 4.57. The molecule has 2 aliphatic heterocycles. The largest absolute Gasteiger partial charge is 0.491 e. The van der Waals surface area contributed by atoms with E-state index in [4.69, 9.17) is 10.5 Å². The van der Waals surface area contributed by atoms with Gasteiger partial charge in [-0.1, -0.05) is 6.92 Å². The van der Waals surface area contributed by atoms with Crippen LogP contribution in [-0.2, 0) is 29.5 Å². The lowest BCUT2D eigenvalue weighted by atomic mass is 10.0. The van der Waals surface area contributed by atoms with Gasteiger partial charge in [0.25, 0.3) is 5.91 Å². The van der Waals surface area contributed by atoms with Gasteiger partial charge in [0.1, 0.15) is 41.4 Å². The molecule has 2 aromatic carbocycles. The Morgan fingerprint density at radius 1 is 1.25 bits per heavy atom. The van der Waals surface area contributed by atoms with Crippen molar-refractivity contribution in [2.45, 2.75) is 31.5 Å². The average Bonchev–Trinajstić information content (AvgIpc) is 3.08. The van der Waals surface area contributed by atoms with Crippen LogP contribution in [0.25, 0.3) is 6.08 Å². The summed E-state index contributed by atoms with van der Waals surface area (Å²) in [5, 5.41) is 0. The molecule has 0 aliphatic carbocycles. The summed E-state index contributed by atoms with van der Waals surface area (Å²) in [7, 11) is -3.75. The molecule has 0 saturated carbocycles. The van der Waals surface area contributed by atoms with Gasteiger partial charge in [0, 0.05) is 47.6 Å². The number of rotatable bonds is 4. The van der Waals surface area contributed by atoms with Crippen molar-refractivity contribution in [3.63, 3.8) is 0 Å². The van der Waals surface area contributed by atoms with Crippen LogP contribution in [0.1, 0.15) is 34.2 Å². The summed E-state index contributed by atoms with van der Waals surface area (Å²) in [5.74, 6) is 0.671. The molecule has 5 rings (SSSR count). The van der Waals surface area contributed by atoms with E-state index < -0.39 is 20.5 Å². The molecule has 0 radical (unpaired) electrons. The average molecular weight is 512 g/mol. The van der Waals surface area contributed by atoms with E-state index >= 15 is 4.39 Å². The zero-order valence-electron chi connectivity index (χ0n) is 19.9. The summed E-state index contributed by atoms with van der Waals surface area (Å²) >= 11 is 0. The number of halogens is 1. The van der Waals surface area contributed by atoms with Crippen LogP contribution in [0.15, 0.2) is 47.6 Å². The van der Waals surface area contributed by atoms with Crippen molar-refractivity contribution in [1.82, 2.24) is 14.5 Å². The zero-order chi connectivity index (χ0) is 25.6. The number of imidazole rings is 1. The molecule has 188 valence electrons. The number of sulfone groups is 1. The van der Waals surface area contributed by atoms with E-state index in [9.17, 15) is 13.2 Å². The quantitative estimate of drug-likeness (QED) is 0.573. The molecular weight excluding hydrogens is 485 g/mol. The number of benzene rings is 2. The van der Waals surface area contributed by atoms with E-state index in [2.05, 4.69) is 4.98 Å². The van der Waals surface area contributed by atoms with Crippen molar-refractivity contribution in [2.75, 3.05) is 30.0 Å². The van der Waals surface area contributed by atoms with Crippen LogP contribution in [0.3, 0.4) is 0 Å². The third-order valence-electron chi connectivity index (χ3n) is 6.37. The summed E-state index contributed by atoms with van der Waals surface area (Å²) < 4.78 is 46.8. The lowest BCUT2D eigenvalue weighted by molar-refractivity contribution is 0.0731. The first-order valence-electron chi connectivity index (χ1n) is 11.5. The summed E-state index contributed by atoms with van der Waals surface area (Å²) in [4.78, 5) is 21.0.